The second kappa shape index (κ2) is 8.58. The number of anilines is 1. The van der Waals surface area contributed by atoms with Crippen molar-refractivity contribution in [3.8, 4) is 0 Å². The van der Waals surface area contributed by atoms with Crippen molar-refractivity contribution in [2.24, 2.45) is 0 Å². The highest BCUT2D eigenvalue weighted by molar-refractivity contribution is 7.89. The van der Waals surface area contributed by atoms with Crippen LogP contribution < -0.4 is 4.90 Å². The highest BCUT2D eigenvalue weighted by Crippen LogP contribution is 2.57. The van der Waals surface area contributed by atoms with Gasteiger partial charge in [0, 0.05) is 47.5 Å². The van der Waals surface area contributed by atoms with Gasteiger partial charge in [0.15, 0.2) is 0 Å². The van der Waals surface area contributed by atoms with Crippen LogP contribution in [0.2, 0.25) is 5.02 Å². The van der Waals surface area contributed by atoms with Crippen LogP contribution >= 0.6 is 11.6 Å². The van der Waals surface area contributed by atoms with Crippen LogP contribution in [0.3, 0.4) is 0 Å². The van der Waals surface area contributed by atoms with E-state index in [4.69, 9.17) is 16.3 Å². The van der Waals surface area contributed by atoms with E-state index in [1.807, 2.05) is 29.2 Å². The molecule has 1 amide bonds. The fourth-order valence-electron chi connectivity index (χ4n) is 5.47. The summed E-state index contributed by atoms with van der Waals surface area (Å²) in [5.41, 5.74) is 3.49. The summed E-state index contributed by atoms with van der Waals surface area (Å²) in [5, 5.41) is 1.61. The molecule has 184 valence electrons. The number of nitrogens with zero attached hydrogens (tertiary/aromatic N) is 4. The first kappa shape index (κ1) is 23.0. The normalized spacial score (nSPS) is 19.6. The number of hydrogen-bond donors (Lipinski definition) is 0. The van der Waals surface area contributed by atoms with E-state index >= 15 is 0 Å². The number of amides is 1. The Morgan fingerprint density at radius 3 is 2.69 bits per heavy atom. The maximum absolute atomic E-state index is 13.4. The summed E-state index contributed by atoms with van der Waals surface area (Å²) in [7, 11) is -3.34. The molecule has 0 radical (unpaired) electrons. The standard InChI is InChI=1S/C25H27ClN4O4S/c26-19-2-3-22-18(14-19)15-20(29(22)8-1-13-35(32,33)28-9-11-34-12-10-28)17-30-23-16-27-7-4-21(23)25(5-6-25)24(30)31/h2-4,7,14-16H,1,5-6,8-13,17H2. The fourth-order valence-corrected chi connectivity index (χ4v) is 7.11. The Morgan fingerprint density at radius 1 is 1.11 bits per heavy atom. The SMILES string of the molecule is O=C1N(Cc2cc3cc(Cl)ccc3n2CCCS(=O)(=O)N2CCOCC2)c2cnccc2C12CC2. The van der Waals surface area contributed by atoms with Crippen LogP contribution in [-0.4, -0.2) is 60.2 Å². The van der Waals surface area contributed by atoms with Crippen LogP contribution in [0, 0.1) is 0 Å². The lowest BCUT2D eigenvalue weighted by atomic mass is 9.99. The topological polar surface area (TPSA) is 84.7 Å². The molecule has 8 nitrogen and oxygen atoms in total. The number of ether oxygens (including phenoxy) is 1. The van der Waals surface area contributed by atoms with Gasteiger partial charge in [-0.25, -0.2) is 8.42 Å². The fraction of sp³-hybridized carbons (Fsp3) is 0.440. The van der Waals surface area contributed by atoms with Crippen LogP contribution in [-0.2, 0) is 38.1 Å². The van der Waals surface area contributed by atoms with E-state index < -0.39 is 10.0 Å². The van der Waals surface area contributed by atoms with E-state index in [0.29, 0.717) is 50.8 Å². The van der Waals surface area contributed by atoms with Crippen molar-refractivity contribution in [2.45, 2.75) is 37.8 Å². The van der Waals surface area contributed by atoms with Gasteiger partial charge in [-0.15, -0.1) is 0 Å². The molecule has 0 N–H and O–H groups in total. The Morgan fingerprint density at radius 2 is 1.91 bits per heavy atom. The van der Waals surface area contributed by atoms with Gasteiger partial charge in [0.05, 0.1) is 42.8 Å². The molecule has 2 aromatic heterocycles. The predicted molar refractivity (Wildman–Crippen MR) is 134 cm³/mol. The first-order valence-electron chi connectivity index (χ1n) is 12.0. The van der Waals surface area contributed by atoms with Gasteiger partial charge in [-0.05, 0) is 55.2 Å². The summed E-state index contributed by atoms with van der Waals surface area (Å²) in [5.74, 6) is 0.198. The molecule has 3 aromatic rings. The molecule has 4 heterocycles. The molecular weight excluding hydrogens is 488 g/mol. The number of benzene rings is 1. The minimum Gasteiger partial charge on any atom is -0.379 e. The second-order valence-electron chi connectivity index (χ2n) is 9.54. The largest absolute Gasteiger partial charge is 0.379 e. The Kier molecular flexibility index (Phi) is 5.63. The van der Waals surface area contributed by atoms with Crippen molar-refractivity contribution in [3.63, 3.8) is 0 Å². The van der Waals surface area contributed by atoms with Gasteiger partial charge in [-0.2, -0.15) is 4.31 Å². The molecule has 0 bridgehead atoms. The summed E-state index contributed by atoms with van der Waals surface area (Å²) in [6.07, 6.45) is 5.74. The van der Waals surface area contributed by atoms with Crippen molar-refractivity contribution in [3.05, 3.63) is 59.0 Å². The van der Waals surface area contributed by atoms with Gasteiger partial charge in [0.25, 0.3) is 0 Å². The first-order chi connectivity index (χ1) is 16.9. The van der Waals surface area contributed by atoms with Crippen LogP contribution in [0.25, 0.3) is 10.9 Å². The monoisotopic (exact) mass is 514 g/mol. The lowest BCUT2D eigenvalue weighted by Crippen LogP contribution is -2.41. The van der Waals surface area contributed by atoms with Crippen molar-refractivity contribution in [2.75, 3.05) is 37.0 Å². The van der Waals surface area contributed by atoms with Crippen LogP contribution in [0.1, 0.15) is 30.5 Å². The van der Waals surface area contributed by atoms with Gasteiger partial charge >= 0.3 is 0 Å². The summed E-state index contributed by atoms with van der Waals surface area (Å²) in [6, 6.07) is 9.73. The highest BCUT2D eigenvalue weighted by Gasteiger charge is 2.59. The number of sulfonamides is 1. The molecule has 1 saturated heterocycles. The Bertz CT molecular complexity index is 1410. The van der Waals surface area contributed by atoms with Gasteiger partial charge in [-0.3, -0.25) is 9.78 Å². The molecule has 1 aliphatic carbocycles. The van der Waals surface area contributed by atoms with Crippen molar-refractivity contribution in [1.29, 1.82) is 0 Å². The Balaban J connectivity index is 1.28. The average molecular weight is 515 g/mol. The predicted octanol–water partition coefficient (Wildman–Crippen LogP) is 3.32. The summed E-state index contributed by atoms with van der Waals surface area (Å²) in [4.78, 5) is 19.5. The molecule has 1 saturated carbocycles. The molecule has 0 unspecified atom stereocenters. The third-order valence-electron chi connectivity index (χ3n) is 7.43. The zero-order valence-corrected chi connectivity index (χ0v) is 20.9. The van der Waals surface area contributed by atoms with E-state index in [2.05, 4.69) is 15.6 Å². The minimum absolute atomic E-state index is 0.0677. The lowest BCUT2D eigenvalue weighted by molar-refractivity contribution is -0.120. The molecule has 1 aromatic carbocycles. The zero-order valence-electron chi connectivity index (χ0n) is 19.3. The zero-order chi connectivity index (χ0) is 24.2. The molecular formula is C25H27ClN4O4S. The van der Waals surface area contributed by atoms with E-state index in [9.17, 15) is 13.2 Å². The number of halogens is 1. The van der Waals surface area contributed by atoms with Crippen molar-refractivity contribution >= 4 is 44.1 Å². The van der Waals surface area contributed by atoms with Crippen molar-refractivity contribution in [1.82, 2.24) is 13.9 Å². The number of pyridine rings is 1. The summed E-state index contributed by atoms with van der Waals surface area (Å²) < 4.78 is 34.6. The molecule has 35 heavy (non-hydrogen) atoms. The highest BCUT2D eigenvalue weighted by atomic mass is 35.5. The number of rotatable bonds is 7. The van der Waals surface area contributed by atoms with E-state index in [1.165, 1.54) is 4.31 Å². The second-order valence-corrected chi connectivity index (χ2v) is 12.1. The van der Waals surface area contributed by atoms with Gasteiger partial charge in [0.1, 0.15) is 0 Å². The minimum atomic E-state index is -3.34. The van der Waals surface area contributed by atoms with E-state index in [0.717, 1.165) is 40.7 Å². The number of carbonyl (C=O) groups is 1. The quantitative estimate of drug-likeness (QED) is 0.483. The maximum Gasteiger partial charge on any atom is 0.238 e. The van der Waals surface area contributed by atoms with Gasteiger partial charge in [-0.1, -0.05) is 11.6 Å². The number of fused-ring (bicyclic) bond motifs is 3. The molecule has 3 aliphatic rings. The third kappa shape index (κ3) is 3.94. The van der Waals surface area contributed by atoms with Crippen LogP contribution in [0.5, 0.6) is 0 Å². The average Bonchev–Trinajstić information content (AvgIpc) is 3.56. The number of aromatic nitrogens is 2. The maximum atomic E-state index is 13.4. The number of aryl methyl sites for hydroxylation is 1. The van der Waals surface area contributed by atoms with Crippen molar-refractivity contribution < 1.29 is 17.9 Å². The smallest absolute Gasteiger partial charge is 0.238 e. The molecule has 0 atom stereocenters. The van der Waals surface area contributed by atoms with E-state index in [1.54, 1.807) is 12.4 Å². The summed E-state index contributed by atoms with van der Waals surface area (Å²) in [6.45, 7) is 2.62. The van der Waals surface area contributed by atoms with Crippen LogP contribution in [0.4, 0.5) is 5.69 Å². The molecule has 6 rings (SSSR count). The molecule has 2 aliphatic heterocycles. The van der Waals surface area contributed by atoms with Crippen LogP contribution in [0.15, 0.2) is 42.7 Å². The number of carbonyl (C=O) groups excluding carboxylic acids is 1. The third-order valence-corrected chi connectivity index (χ3v) is 9.62. The molecule has 10 heteroatoms. The van der Waals surface area contributed by atoms with Gasteiger partial charge in [0.2, 0.25) is 15.9 Å². The van der Waals surface area contributed by atoms with Gasteiger partial charge < -0.3 is 14.2 Å². The number of morpholine rings is 1. The first-order valence-corrected chi connectivity index (χ1v) is 14.0. The Labute approximate surface area is 209 Å². The lowest BCUT2D eigenvalue weighted by Gasteiger charge is -2.26. The molecule has 1 spiro atoms. The Hall–Kier alpha value is -2.46. The summed E-state index contributed by atoms with van der Waals surface area (Å²) >= 11 is 6.26. The van der Waals surface area contributed by atoms with E-state index in [-0.39, 0.29) is 17.1 Å². The number of hydrogen-bond acceptors (Lipinski definition) is 5. The molecule has 2 fully saturated rings.